The van der Waals surface area contributed by atoms with Gasteiger partial charge in [0.25, 0.3) is 0 Å². The van der Waals surface area contributed by atoms with E-state index in [0.29, 0.717) is 23.7 Å². The lowest BCUT2D eigenvalue weighted by molar-refractivity contribution is -0.139. The Balaban J connectivity index is 1.83. The molecule has 3 rings (SSSR count). The fraction of sp³-hybridized carbons (Fsp3) is 0.545. The highest BCUT2D eigenvalue weighted by molar-refractivity contribution is 5.75. The summed E-state index contributed by atoms with van der Waals surface area (Å²) < 4.78 is 0. The highest BCUT2D eigenvalue weighted by Crippen LogP contribution is 2.63. The van der Waals surface area contributed by atoms with Crippen LogP contribution in [-0.4, -0.2) is 11.1 Å². The maximum atomic E-state index is 10.8. The molecule has 3 aliphatic rings. The summed E-state index contributed by atoms with van der Waals surface area (Å²) in [6, 6.07) is 0. The predicted octanol–water partition coefficient (Wildman–Crippen LogP) is 1.70. The molecular formula is C11H12O2. The number of hydrogen-bond acceptors (Lipinski definition) is 1. The van der Waals surface area contributed by atoms with Crippen LogP contribution in [0.25, 0.3) is 0 Å². The van der Waals surface area contributed by atoms with Crippen molar-refractivity contribution in [1.82, 2.24) is 0 Å². The molecule has 5 unspecified atom stereocenters. The van der Waals surface area contributed by atoms with Crippen molar-refractivity contribution >= 4 is 5.97 Å². The number of carboxylic acids is 1. The molecule has 3 aliphatic carbocycles. The minimum absolute atomic E-state index is 0.0302. The van der Waals surface area contributed by atoms with Gasteiger partial charge in [-0.2, -0.15) is 0 Å². The Morgan fingerprint density at radius 2 is 2.08 bits per heavy atom. The Morgan fingerprint density at radius 1 is 1.31 bits per heavy atom. The average molecular weight is 176 g/mol. The lowest BCUT2D eigenvalue weighted by Gasteiger charge is -2.19. The molecule has 2 nitrogen and oxygen atoms in total. The third-order valence-electron chi connectivity index (χ3n) is 3.80. The van der Waals surface area contributed by atoms with Crippen molar-refractivity contribution in [1.29, 1.82) is 0 Å². The van der Waals surface area contributed by atoms with Crippen molar-refractivity contribution in [3.05, 3.63) is 24.3 Å². The lowest BCUT2D eigenvalue weighted by Crippen LogP contribution is -2.15. The second-order valence-electron chi connectivity index (χ2n) is 4.35. The van der Waals surface area contributed by atoms with Gasteiger partial charge in [-0.1, -0.05) is 24.3 Å². The molecule has 0 heterocycles. The summed E-state index contributed by atoms with van der Waals surface area (Å²) in [5.41, 5.74) is 0. The van der Waals surface area contributed by atoms with Gasteiger partial charge in [-0.15, -0.1) is 0 Å². The monoisotopic (exact) mass is 176 g/mol. The van der Waals surface area contributed by atoms with Gasteiger partial charge in [0.05, 0.1) is 5.92 Å². The van der Waals surface area contributed by atoms with Gasteiger partial charge in [0.1, 0.15) is 0 Å². The molecule has 0 amide bonds. The molecule has 2 heteroatoms. The Kier molecular flexibility index (Phi) is 1.27. The first kappa shape index (κ1) is 7.36. The first-order chi connectivity index (χ1) is 6.29. The summed E-state index contributed by atoms with van der Waals surface area (Å²) in [6.45, 7) is 0. The number of fused-ring (bicyclic) bond motifs is 3. The van der Waals surface area contributed by atoms with E-state index < -0.39 is 5.97 Å². The summed E-state index contributed by atoms with van der Waals surface area (Å²) in [5.74, 6) is 1.46. The van der Waals surface area contributed by atoms with E-state index in [1.807, 2.05) is 0 Å². The van der Waals surface area contributed by atoms with Crippen molar-refractivity contribution in [2.75, 3.05) is 0 Å². The molecule has 5 atom stereocenters. The first-order valence-corrected chi connectivity index (χ1v) is 4.87. The maximum Gasteiger partial charge on any atom is 0.307 e. The van der Waals surface area contributed by atoms with Gasteiger partial charge in [-0.05, 0) is 30.1 Å². The van der Waals surface area contributed by atoms with Crippen LogP contribution in [0.5, 0.6) is 0 Å². The fourth-order valence-electron chi connectivity index (χ4n) is 3.21. The summed E-state index contributed by atoms with van der Waals surface area (Å²) in [4.78, 5) is 10.8. The van der Waals surface area contributed by atoms with Crippen LogP contribution in [0.1, 0.15) is 6.42 Å². The minimum atomic E-state index is -0.587. The molecule has 0 aromatic rings. The smallest absolute Gasteiger partial charge is 0.307 e. The molecule has 0 aromatic carbocycles. The fourth-order valence-corrected chi connectivity index (χ4v) is 3.21. The van der Waals surface area contributed by atoms with Gasteiger partial charge in [-0.25, -0.2) is 0 Å². The Hall–Kier alpha value is -1.05. The Morgan fingerprint density at radius 3 is 2.85 bits per heavy atom. The van der Waals surface area contributed by atoms with E-state index in [4.69, 9.17) is 5.11 Å². The Bertz CT molecular complexity index is 316. The predicted molar refractivity (Wildman–Crippen MR) is 48.0 cm³/mol. The van der Waals surface area contributed by atoms with E-state index in [9.17, 15) is 4.79 Å². The van der Waals surface area contributed by atoms with E-state index in [1.165, 1.54) is 0 Å². The number of rotatable bonds is 1. The summed E-state index contributed by atoms with van der Waals surface area (Å²) >= 11 is 0. The topological polar surface area (TPSA) is 37.3 Å². The molecule has 1 N–H and O–H groups in total. The summed E-state index contributed by atoms with van der Waals surface area (Å²) in [5, 5.41) is 8.91. The third kappa shape index (κ3) is 0.859. The van der Waals surface area contributed by atoms with Gasteiger partial charge in [0.2, 0.25) is 0 Å². The van der Waals surface area contributed by atoms with Crippen LogP contribution in [0.4, 0.5) is 0 Å². The SMILES string of the molecule is O=C(O)C1C2CC3C=CC=CC3C21. The molecule has 0 saturated heterocycles. The first-order valence-electron chi connectivity index (χ1n) is 4.87. The number of carboxylic acid groups (broad SMARTS) is 1. The van der Waals surface area contributed by atoms with Crippen molar-refractivity contribution in [3.8, 4) is 0 Å². The zero-order valence-corrected chi connectivity index (χ0v) is 7.26. The van der Waals surface area contributed by atoms with Crippen molar-refractivity contribution in [2.24, 2.45) is 29.6 Å². The van der Waals surface area contributed by atoms with Crippen LogP contribution in [0.3, 0.4) is 0 Å². The van der Waals surface area contributed by atoms with Crippen LogP contribution >= 0.6 is 0 Å². The van der Waals surface area contributed by atoms with Crippen LogP contribution in [0.15, 0.2) is 24.3 Å². The van der Waals surface area contributed by atoms with E-state index in [-0.39, 0.29) is 5.92 Å². The lowest BCUT2D eigenvalue weighted by atomic mass is 9.85. The molecule has 13 heavy (non-hydrogen) atoms. The van der Waals surface area contributed by atoms with E-state index in [0.717, 1.165) is 6.42 Å². The molecule has 68 valence electrons. The normalized spacial score (nSPS) is 50.0. The maximum absolute atomic E-state index is 10.8. The molecule has 0 radical (unpaired) electrons. The third-order valence-corrected chi connectivity index (χ3v) is 3.80. The van der Waals surface area contributed by atoms with Crippen molar-refractivity contribution in [3.63, 3.8) is 0 Å². The molecule has 0 aromatic heterocycles. The molecule has 0 aliphatic heterocycles. The summed E-state index contributed by atoms with van der Waals surface area (Å²) in [6.07, 6.45) is 9.66. The van der Waals surface area contributed by atoms with Gasteiger partial charge in [0.15, 0.2) is 0 Å². The Labute approximate surface area is 76.9 Å². The van der Waals surface area contributed by atoms with Crippen molar-refractivity contribution < 1.29 is 9.90 Å². The van der Waals surface area contributed by atoms with E-state index in [2.05, 4.69) is 24.3 Å². The second-order valence-corrected chi connectivity index (χ2v) is 4.35. The number of aliphatic carboxylic acids is 1. The van der Waals surface area contributed by atoms with Gasteiger partial charge >= 0.3 is 5.97 Å². The summed E-state index contributed by atoms with van der Waals surface area (Å²) in [7, 11) is 0. The van der Waals surface area contributed by atoms with Gasteiger partial charge in [-0.3, -0.25) is 4.79 Å². The van der Waals surface area contributed by atoms with Crippen LogP contribution in [0.2, 0.25) is 0 Å². The zero-order chi connectivity index (χ0) is 9.00. The highest BCUT2D eigenvalue weighted by atomic mass is 16.4. The molecular weight excluding hydrogens is 164 g/mol. The molecule has 0 spiro atoms. The van der Waals surface area contributed by atoms with Crippen LogP contribution in [-0.2, 0) is 4.79 Å². The zero-order valence-electron chi connectivity index (χ0n) is 7.26. The highest BCUT2D eigenvalue weighted by Gasteiger charge is 2.63. The van der Waals surface area contributed by atoms with E-state index >= 15 is 0 Å². The standard InChI is InChI=1S/C11H12O2/c12-11(13)10-8-5-6-3-1-2-4-7(6)9(8)10/h1-4,6-10H,5H2,(H,12,13). The molecule has 2 fully saturated rings. The van der Waals surface area contributed by atoms with Crippen molar-refractivity contribution in [2.45, 2.75) is 6.42 Å². The quantitative estimate of drug-likeness (QED) is 0.660. The average Bonchev–Trinajstić information content (AvgIpc) is 2.71. The van der Waals surface area contributed by atoms with Gasteiger partial charge < -0.3 is 5.11 Å². The van der Waals surface area contributed by atoms with E-state index in [1.54, 1.807) is 0 Å². The molecule has 2 saturated carbocycles. The molecule has 0 bridgehead atoms. The number of allylic oxidation sites excluding steroid dienone is 4. The number of carbonyl (C=O) groups is 1. The second kappa shape index (κ2) is 2.25. The van der Waals surface area contributed by atoms with Gasteiger partial charge in [0, 0.05) is 0 Å². The van der Waals surface area contributed by atoms with Crippen LogP contribution < -0.4 is 0 Å². The minimum Gasteiger partial charge on any atom is -0.481 e. The largest absolute Gasteiger partial charge is 0.481 e. The van der Waals surface area contributed by atoms with Crippen LogP contribution in [0, 0.1) is 29.6 Å². The number of hydrogen-bond donors (Lipinski definition) is 1.